The summed E-state index contributed by atoms with van der Waals surface area (Å²) in [6.07, 6.45) is -4.36. The summed E-state index contributed by atoms with van der Waals surface area (Å²) in [4.78, 5) is 11.4. The number of alkyl halides is 3. The van der Waals surface area contributed by atoms with E-state index < -0.39 is 18.0 Å². The van der Waals surface area contributed by atoms with Crippen LogP contribution in [0.4, 0.5) is 13.2 Å². The molecule has 1 unspecified atom stereocenters. The maximum absolute atomic E-state index is 12.5. The molecule has 1 aromatic carbocycles. The first-order chi connectivity index (χ1) is 8.80. The number of benzene rings is 1. The molecule has 0 saturated carbocycles. The molecule has 0 fully saturated rings. The number of Topliss-reactive ketones (excluding diaryl/α,β-unsaturated/α-hetero) is 1. The molecule has 0 bridgehead atoms. The third kappa shape index (κ3) is 2.82. The molecule has 1 aromatic rings. The number of rotatable bonds is 1. The van der Waals surface area contributed by atoms with E-state index in [1.807, 2.05) is 0 Å². The lowest BCUT2D eigenvalue weighted by Crippen LogP contribution is -2.44. The Bertz CT molecular complexity index is 539. The van der Waals surface area contributed by atoms with Gasteiger partial charge in [-0.05, 0) is 35.3 Å². The molecule has 0 aromatic heterocycles. The van der Waals surface area contributed by atoms with Crippen LogP contribution in [0.15, 0.2) is 24.8 Å². The van der Waals surface area contributed by atoms with Gasteiger partial charge in [0, 0.05) is 11.6 Å². The van der Waals surface area contributed by atoms with Gasteiger partial charge in [-0.15, -0.1) is 0 Å². The lowest BCUT2D eigenvalue weighted by molar-refractivity contribution is -0.171. The molecule has 0 spiro atoms. The number of carbonyl (C=O) groups is 1. The quantitative estimate of drug-likeness (QED) is 0.861. The summed E-state index contributed by atoms with van der Waals surface area (Å²) in [5, 5.41) is 2.99. The predicted molar refractivity (Wildman–Crippen MR) is 67.0 cm³/mol. The molecule has 2 nitrogen and oxygen atoms in total. The summed E-state index contributed by atoms with van der Waals surface area (Å²) in [6, 6.07) is 3.51. The zero-order valence-electron chi connectivity index (χ0n) is 9.85. The fourth-order valence-corrected chi connectivity index (χ4v) is 2.28. The molecule has 19 heavy (non-hydrogen) atoms. The van der Waals surface area contributed by atoms with Gasteiger partial charge in [-0.25, -0.2) is 0 Å². The van der Waals surface area contributed by atoms with Crippen molar-refractivity contribution in [3.63, 3.8) is 0 Å². The maximum Gasteiger partial charge on any atom is 0.452 e. The van der Waals surface area contributed by atoms with Gasteiger partial charge >= 0.3 is 6.18 Å². The normalized spacial score (nSPS) is 19.8. The summed E-state index contributed by atoms with van der Waals surface area (Å²) in [6.45, 7) is 3.91. The second-order valence-corrected chi connectivity index (χ2v) is 4.76. The minimum absolute atomic E-state index is 0.109. The smallest absolute Gasteiger partial charge is 0.303 e. The minimum atomic E-state index is -4.89. The number of ketones is 1. The van der Waals surface area contributed by atoms with E-state index in [0.29, 0.717) is 17.0 Å². The molecular weight excluding hydrogens is 279 g/mol. The largest absolute Gasteiger partial charge is 0.452 e. The van der Waals surface area contributed by atoms with Crippen LogP contribution in [0.1, 0.15) is 11.1 Å². The van der Waals surface area contributed by atoms with Crippen molar-refractivity contribution in [1.82, 2.24) is 5.32 Å². The Morgan fingerprint density at radius 1 is 1.42 bits per heavy atom. The van der Waals surface area contributed by atoms with E-state index in [2.05, 4.69) is 11.9 Å². The predicted octanol–water partition coefficient (Wildman–Crippen LogP) is 3.00. The molecule has 1 aliphatic heterocycles. The van der Waals surface area contributed by atoms with E-state index >= 15 is 0 Å². The van der Waals surface area contributed by atoms with Gasteiger partial charge in [0.1, 0.15) is 6.04 Å². The highest BCUT2D eigenvalue weighted by atomic mass is 35.5. The van der Waals surface area contributed by atoms with Crippen LogP contribution in [0.2, 0.25) is 5.02 Å². The number of hydrogen-bond acceptors (Lipinski definition) is 2. The lowest BCUT2D eigenvalue weighted by Gasteiger charge is -2.19. The average molecular weight is 290 g/mol. The van der Waals surface area contributed by atoms with Crippen LogP contribution in [0.5, 0.6) is 0 Å². The van der Waals surface area contributed by atoms with Gasteiger partial charge in [0.25, 0.3) is 5.78 Å². The van der Waals surface area contributed by atoms with Crippen LogP contribution in [-0.2, 0) is 11.2 Å². The van der Waals surface area contributed by atoms with Crippen LogP contribution in [0.25, 0.3) is 5.57 Å². The zero-order valence-corrected chi connectivity index (χ0v) is 10.6. The summed E-state index contributed by atoms with van der Waals surface area (Å²) in [7, 11) is 0. The summed E-state index contributed by atoms with van der Waals surface area (Å²) >= 11 is 5.84. The molecule has 1 aliphatic rings. The minimum Gasteiger partial charge on any atom is -0.303 e. The summed E-state index contributed by atoms with van der Waals surface area (Å²) in [5.41, 5.74) is 1.46. The van der Waals surface area contributed by atoms with Crippen molar-refractivity contribution in [2.75, 3.05) is 6.54 Å². The Labute approximate surface area is 113 Å². The highest BCUT2D eigenvalue weighted by Gasteiger charge is 2.44. The van der Waals surface area contributed by atoms with Crippen LogP contribution in [0, 0.1) is 0 Å². The van der Waals surface area contributed by atoms with E-state index in [-0.39, 0.29) is 12.1 Å². The Balaban J connectivity index is 2.41. The van der Waals surface area contributed by atoms with E-state index in [1.165, 1.54) is 0 Å². The highest BCUT2D eigenvalue weighted by Crippen LogP contribution is 2.30. The fraction of sp³-hybridized carbons (Fsp3) is 0.308. The van der Waals surface area contributed by atoms with Crippen molar-refractivity contribution in [2.45, 2.75) is 18.6 Å². The molecule has 1 N–H and O–H groups in total. The number of fused-ring (bicyclic) bond motifs is 1. The van der Waals surface area contributed by atoms with E-state index in [4.69, 9.17) is 11.6 Å². The number of nitrogens with one attached hydrogen (secondary N) is 1. The molecule has 6 heteroatoms. The van der Waals surface area contributed by atoms with Crippen molar-refractivity contribution in [2.24, 2.45) is 0 Å². The van der Waals surface area contributed by atoms with E-state index in [1.54, 1.807) is 18.2 Å². The van der Waals surface area contributed by atoms with Gasteiger partial charge in [0.15, 0.2) is 0 Å². The van der Waals surface area contributed by atoms with Crippen molar-refractivity contribution >= 4 is 23.0 Å². The lowest BCUT2D eigenvalue weighted by atomic mass is 9.94. The first-order valence-corrected chi connectivity index (χ1v) is 6.00. The van der Waals surface area contributed by atoms with Crippen molar-refractivity contribution in [3.8, 4) is 0 Å². The van der Waals surface area contributed by atoms with E-state index in [0.717, 1.165) is 5.56 Å². The molecule has 0 radical (unpaired) electrons. The third-order valence-electron chi connectivity index (χ3n) is 3.05. The molecule has 102 valence electrons. The van der Waals surface area contributed by atoms with E-state index in [9.17, 15) is 18.0 Å². The summed E-state index contributed by atoms with van der Waals surface area (Å²) in [5.74, 6) is -1.83. The van der Waals surface area contributed by atoms with Crippen molar-refractivity contribution in [1.29, 1.82) is 0 Å². The number of carbonyl (C=O) groups excluding carboxylic acids is 1. The summed E-state index contributed by atoms with van der Waals surface area (Å²) < 4.78 is 37.6. The SMILES string of the molecule is C=C1c2cc(Cl)ccc2CCNC1C(=O)C(F)(F)F. The number of halogens is 4. The molecule has 1 heterocycles. The Hall–Kier alpha value is -1.33. The standard InChI is InChI=1S/C13H11ClF3NO/c1-7-10-6-9(14)3-2-8(10)4-5-18-11(7)12(19)13(15,16)17/h2-3,6,11,18H,1,4-5H2. The van der Waals surface area contributed by atoms with Gasteiger partial charge < -0.3 is 5.32 Å². The van der Waals surface area contributed by atoms with Crippen molar-refractivity contribution < 1.29 is 18.0 Å². The van der Waals surface area contributed by atoms with Gasteiger partial charge in [-0.2, -0.15) is 13.2 Å². The van der Waals surface area contributed by atoms with Gasteiger partial charge in [-0.1, -0.05) is 24.2 Å². The van der Waals surface area contributed by atoms with Crippen LogP contribution < -0.4 is 5.32 Å². The monoisotopic (exact) mass is 289 g/mol. The molecule has 0 saturated heterocycles. The zero-order chi connectivity index (χ0) is 14.2. The Morgan fingerprint density at radius 2 is 2.11 bits per heavy atom. The Kier molecular flexibility index (Phi) is 3.69. The maximum atomic E-state index is 12.5. The van der Waals surface area contributed by atoms with Gasteiger partial charge in [0.2, 0.25) is 0 Å². The van der Waals surface area contributed by atoms with Crippen molar-refractivity contribution in [3.05, 3.63) is 40.9 Å². The molecule has 0 aliphatic carbocycles. The van der Waals surface area contributed by atoms with Crippen LogP contribution in [-0.4, -0.2) is 24.5 Å². The molecule has 2 rings (SSSR count). The van der Waals surface area contributed by atoms with Gasteiger partial charge in [-0.3, -0.25) is 4.79 Å². The second-order valence-electron chi connectivity index (χ2n) is 4.33. The topological polar surface area (TPSA) is 29.1 Å². The molecule has 0 amide bonds. The van der Waals surface area contributed by atoms with Crippen LogP contribution in [0.3, 0.4) is 0 Å². The van der Waals surface area contributed by atoms with Gasteiger partial charge in [0.05, 0.1) is 0 Å². The Morgan fingerprint density at radius 3 is 2.74 bits per heavy atom. The molecule has 1 atom stereocenters. The third-order valence-corrected chi connectivity index (χ3v) is 3.29. The highest BCUT2D eigenvalue weighted by molar-refractivity contribution is 6.30. The first kappa shape index (κ1) is 14.1. The fourth-order valence-electron chi connectivity index (χ4n) is 2.11. The molecular formula is C13H11ClF3NO. The van der Waals surface area contributed by atoms with Crippen LogP contribution >= 0.6 is 11.6 Å². The number of hydrogen-bond donors (Lipinski definition) is 1. The average Bonchev–Trinajstić information content (AvgIpc) is 2.47. The second kappa shape index (κ2) is 4.98. The first-order valence-electron chi connectivity index (χ1n) is 5.62.